The summed E-state index contributed by atoms with van der Waals surface area (Å²) in [6, 6.07) is 0. The van der Waals surface area contributed by atoms with E-state index in [1.54, 1.807) is 0 Å². The van der Waals surface area contributed by atoms with Gasteiger partial charge in [-0.3, -0.25) is 14.4 Å². The molecule has 0 aliphatic rings. The summed E-state index contributed by atoms with van der Waals surface area (Å²) in [6.45, 7) is 6.54. The number of hydrogen-bond donors (Lipinski definition) is 0. The van der Waals surface area contributed by atoms with Gasteiger partial charge in [-0.2, -0.15) is 0 Å². The fourth-order valence-corrected chi connectivity index (χ4v) is 7.14. The second-order valence-electron chi connectivity index (χ2n) is 17.1. The lowest BCUT2D eigenvalue weighted by Gasteiger charge is -2.18. The van der Waals surface area contributed by atoms with Crippen molar-refractivity contribution in [3.63, 3.8) is 0 Å². The van der Waals surface area contributed by atoms with Crippen LogP contribution in [-0.2, 0) is 28.6 Å². The quantitative estimate of drug-likeness (QED) is 0.0200. The van der Waals surface area contributed by atoms with Crippen molar-refractivity contribution in [2.45, 2.75) is 264 Å². The number of esters is 3. The van der Waals surface area contributed by atoms with Crippen LogP contribution in [0.4, 0.5) is 0 Å². The van der Waals surface area contributed by atoms with E-state index in [4.69, 9.17) is 14.2 Å². The van der Waals surface area contributed by atoms with Crippen LogP contribution in [0.25, 0.3) is 0 Å². The molecular weight excluding hydrogens is 745 g/mol. The molecule has 0 aromatic rings. The molecule has 0 bridgehead atoms. The van der Waals surface area contributed by atoms with Crippen LogP contribution in [0.2, 0.25) is 0 Å². The number of carbonyl (C=O) groups excluding carboxylic acids is 3. The molecule has 0 heterocycles. The molecule has 0 aliphatic heterocycles. The second kappa shape index (κ2) is 49.0. The summed E-state index contributed by atoms with van der Waals surface area (Å²) in [5, 5.41) is 0. The standard InChI is InChI=1S/C54H96O6/c1-4-7-10-13-16-19-21-23-25-26-27-29-30-32-35-38-41-44-47-53(56)59-50-51(49-58-52(55)46-43-40-37-34-18-15-12-9-6-3)60-54(57)48-45-42-39-36-33-31-28-24-22-20-17-14-11-8-5-2/h17,20,22,24,27,29,34,37,51H,4-16,18-19,21,23,25-26,28,30-33,35-36,38-50H2,1-3H3/b20-17-,24-22-,29-27-,37-34-. The van der Waals surface area contributed by atoms with E-state index < -0.39 is 6.10 Å². The maximum absolute atomic E-state index is 12.8. The Bertz CT molecular complexity index is 1060. The van der Waals surface area contributed by atoms with Gasteiger partial charge in [0.1, 0.15) is 13.2 Å². The van der Waals surface area contributed by atoms with Gasteiger partial charge in [-0.15, -0.1) is 0 Å². The van der Waals surface area contributed by atoms with Gasteiger partial charge in [0.2, 0.25) is 0 Å². The Kier molecular flexibility index (Phi) is 46.9. The van der Waals surface area contributed by atoms with E-state index in [1.807, 2.05) is 0 Å². The predicted octanol–water partition coefficient (Wildman–Crippen LogP) is 16.7. The molecule has 0 amide bonds. The van der Waals surface area contributed by atoms with Crippen molar-refractivity contribution in [2.75, 3.05) is 13.2 Å². The minimum absolute atomic E-state index is 0.0902. The number of unbranched alkanes of at least 4 members (excludes halogenated alkanes) is 28. The lowest BCUT2D eigenvalue weighted by molar-refractivity contribution is -0.167. The third-order valence-electron chi connectivity index (χ3n) is 11.1. The van der Waals surface area contributed by atoms with Crippen LogP contribution in [0.5, 0.6) is 0 Å². The fourth-order valence-electron chi connectivity index (χ4n) is 7.14. The number of ether oxygens (including phenoxy) is 3. The van der Waals surface area contributed by atoms with E-state index in [0.29, 0.717) is 25.7 Å². The lowest BCUT2D eigenvalue weighted by Crippen LogP contribution is -2.30. The lowest BCUT2D eigenvalue weighted by atomic mass is 10.1. The SMILES string of the molecule is CCCCC/C=C\C=C/CCCCCCCCC(=O)OC(COC(=O)CCC/C=C\CCCCCC)COC(=O)CCCCCCC/C=C\CCCCCCCCCCC. The maximum Gasteiger partial charge on any atom is 0.306 e. The molecule has 1 atom stereocenters. The van der Waals surface area contributed by atoms with Gasteiger partial charge in [0, 0.05) is 19.3 Å². The van der Waals surface area contributed by atoms with Gasteiger partial charge in [0.15, 0.2) is 6.10 Å². The average molecular weight is 841 g/mol. The van der Waals surface area contributed by atoms with Crippen molar-refractivity contribution < 1.29 is 28.6 Å². The largest absolute Gasteiger partial charge is 0.462 e. The molecule has 6 nitrogen and oxygen atoms in total. The third kappa shape index (κ3) is 46.4. The van der Waals surface area contributed by atoms with E-state index in [0.717, 1.165) is 70.6 Å². The number of carbonyl (C=O) groups is 3. The summed E-state index contributed by atoms with van der Waals surface area (Å²) in [4.78, 5) is 37.8. The predicted molar refractivity (Wildman–Crippen MR) is 256 cm³/mol. The first-order chi connectivity index (χ1) is 29.5. The zero-order chi connectivity index (χ0) is 43.7. The second-order valence-corrected chi connectivity index (χ2v) is 17.1. The van der Waals surface area contributed by atoms with Crippen molar-refractivity contribution in [1.29, 1.82) is 0 Å². The van der Waals surface area contributed by atoms with Crippen LogP contribution < -0.4 is 0 Å². The van der Waals surface area contributed by atoms with Crippen molar-refractivity contribution in [3.8, 4) is 0 Å². The average Bonchev–Trinajstić information content (AvgIpc) is 3.24. The zero-order valence-corrected chi connectivity index (χ0v) is 39.7. The molecule has 0 N–H and O–H groups in total. The molecule has 0 aliphatic carbocycles. The highest BCUT2D eigenvalue weighted by Crippen LogP contribution is 2.14. The molecule has 0 spiro atoms. The van der Waals surface area contributed by atoms with Gasteiger partial charge in [0.05, 0.1) is 0 Å². The molecule has 60 heavy (non-hydrogen) atoms. The normalized spacial score (nSPS) is 12.4. The maximum atomic E-state index is 12.8. The van der Waals surface area contributed by atoms with Gasteiger partial charge in [0.25, 0.3) is 0 Å². The Hall–Kier alpha value is -2.63. The highest BCUT2D eigenvalue weighted by molar-refractivity contribution is 5.71. The Morgan fingerprint density at radius 3 is 1.05 bits per heavy atom. The molecule has 0 radical (unpaired) electrons. The van der Waals surface area contributed by atoms with E-state index in [2.05, 4.69) is 69.4 Å². The smallest absolute Gasteiger partial charge is 0.306 e. The van der Waals surface area contributed by atoms with Crippen LogP contribution in [-0.4, -0.2) is 37.2 Å². The molecule has 6 heteroatoms. The minimum Gasteiger partial charge on any atom is -0.462 e. The van der Waals surface area contributed by atoms with E-state index in [9.17, 15) is 14.4 Å². The topological polar surface area (TPSA) is 78.9 Å². The molecule has 0 aromatic heterocycles. The summed E-state index contributed by atoms with van der Waals surface area (Å²) < 4.78 is 16.7. The van der Waals surface area contributed by atoms with Crippen molar-refractivity contribution in [2.24, 2.45) is 0 Å². The van der Waals surface area contributed by atoms with E-state index in [-0.39, 0.29) is 31.1 Å². The highest BCUT2D eigenvalue weighted by atomic mass is 16.6. The molecule has 348 valence electrons. The zero-order valence-electron chi connectivity index (χ0n) is 39.7. The summed E-state index contributed by atoms with van der Waals surface area (Å²) in [5.74, 6) is -0.942. The molecule has 0 saturated carbocycles. The molecule has 0 aromatic carbocycles. The first-order valence-electron chi connectivity index (χ1n) is 25.7. The molecule has 0 fully saturated rings. The van der Waals surface area contributed by atoms with Crippen molar-refractivity contribution >= 4 is 17.9 Å². The van der Waals surface area contributed by atoms with Crippen LogP contribution in [0, 0.1) is 0 Å². The molecular formula is C54H96O6. The summed E-state index contributed by atoms with van der Waals surface area (Å²) >= 11 is 0. The van der Waals surface area contributed by atoms with Crippen LogP contribution in [0.15, 0.2) is 48.6 Å². The van der Waals surface area contributed by atoms with Gasteiger partial charge in [-0.25, -0.2) is 0 Å². The van der Waals surface area contributed by atoms with Crippen LogP contribution >= 0.6 is 0 Å². The van der Waals surface area contributed by atoms with Crippen LogP contribution in [0.3, 0.4) is 0 Å². The number of hydrogen-bond acceptors (Lipinski definition) is 6. The summed E-state index contributed by atoms with van der Waals surface area (Å²) in [6.07, 6.45) is 58.2. The van der Waals surface area contributed by atoms with Gasteiger partial charge in [-0.1, -0.05) is 198 Å². The highest BCUT2D eigenvalue weighted by Gasteiger charge is 2.19. The van der Waals surface area contributed by atoms with Gasteiger partial charge < -0.3 is 14.2 Å². The molecule has 1 unspecified atom stereocenters. The summed E-state index contributed by atoms with van der Waals surface area (Å²) in [7, 11) is 0. The Balaban J connectivity index is 4.35. The van der Waals surface area contributed by atoms with Crippen LogP contribution in [0.1, 0.15) is 258 Å². The molecule has 0 saturated heterocycles. The minimum atomic E-state index is -0.791. The Morgan fingerprint density at radius 1 is 0.333 bits per heavy atom. The van der Waals surface area contributed by atoms with Crippen molar-refractivity contribution in [3.05, 3.63) is 48.6 Å². The third-order valence-corrected chi connectivity index (χ3v) is 11.1. The number of allylic oxidation sites excluding steroid dienone is 8. The number of rotatable bonds is 46. The van der Waals surface area contributed by atoms with Crippen molar-refractivity contribution in [1.82, 2.24) is 0 Å². The Morgan fingerprint density at radius 2 is 0.617 bits per heavy atom. The van der Waals surface area contributed by atoms with Gasteiger partial charge in [-0.05, 0) is 89.9 Å². The first kappa shape index (κ1) is 57.4. The summed E-state index contributed by atoms with van der Waals surface area (Å²) in [5.41, 5.74) is 0. The monoisotopic (exact) mass is 841 g/mol. The van der Waals surface area contributed by atoms with Gasteiger partial charge >= 0.3 is 17.9 Å². The molecule has 0 rings (SSSR count). The van der Waals surface area contributed by atoms with E-state index >= 15 is 0 Å². The fraction of sp³-hybridized carbons (Fsp3) is 0.796. The first-order valence-corrected chi connectivity index (χ1v) is 25.7. The van der Waals surface area contributed by atoms with E-state index in [1.165, 1.54) is 141 Å². The Labute approximate surface area is 371 Å².